The van der Waals surface area contributed by atoms with Crippen molar-refractivity contribution in [1.82, 2.24) is 14.9 Å². The SMILES string of the molecule is CC[C@H](c1c(F)ccc(C)c1C)[C@H](NS(=O)(=O)c1ccc(Cl)cc1OC)c1n[nH]c(=O)o1. The number of H-pyrrole nitrogens is 1. The van der Waals surface area contributed by atoms with Crippen molar-refractivity contribution in [2.45, 2.75) is 44.0 Å². The lowest BCUT2D eigenvalue weighted by Crippen LogP contribution is -2.34. The summed E-state index contributed by atoms with van der Waals surface area (Å²) in [5.74, 6) is -2.26. The minimum Gasteiger partial charge on any atom is -0.495 e. The molecule has 1 heterocycles. The molecule has 0 fully saturated rings. The molecule has 2 aromatic carbocycles. The summed E-state index contributed by atoms with van der Waals surface area (Å²) < 4.78 is 54.4. The number of benzene rings is 2. The van der Waals surface area contributed by atoms with Gasteiger partial charge in [-0.1, -0.05) is 24.6 Å². The van der Waals surface area contributed by atoms with Gasteiger partial charge in [-0.25, -0.2) is 22.7 Å². The molecule has 0 spiro atoms. The van der Waals surface area contributed by atoms with Gasteiger partial charge in [0.2, 0.25) is 15.9 Å². The van der Waals surface area contributed by atoms with Crippen LogP contribution in [0.3, 0.4) is 0 Å². The van der Waals surface area contributed by atoms with Crippen LogP contribution in [0.15, 0.2) is 44.4 Å². The fourth-order valence-electron chi connectivity index (χ4n) is 3.64. The second-order valence-corrected chi connectivity index (χ2v) is 9.38. The monoisotopic (exact) mass is 483 g/mol. The van der Waals surface area contributed by atoms with Crippen LogP contribution in [-0.4, -0.2) is 25.7 Å². The molecule has 32 heavy (non-hydrogen) atoms. The predicted molar refractivity (Wildman–Crippen MR) is 117 cm³/mol. The van der Waals surface area contributed by atoms with Gasteiger partial charge >= 0.3 is 5.76 Å². The zero-order valence-corrected chi connectivity index (χ0v) is 19.5. The molecule has 8 nitrogen and oxygen atoms in total. The highest BCUT2D eigenvalue weighted by atomic mass is 35.5. The molecule has 0 saturated heterocycles. The number of aryl methyl sites for hydroxylation is 1. The molecule has 0 aliphatic heterocycles. The molecule has 0 amide bonds. The van der Waals surface area contributed by atoms with Gasteiger partial charge in [-0.2, -0.15) is 4.72 Å². The second-order valence-electron chi connectivity index (χ2n) is 7.26. The number of nitrogens with one attached hydrogen (secondary N) is 2. The van der Waals surface area contributed by atoms with Crippen LogP contribution in [0, 0.1) is 19.7 Å². The van der Waals surface area contributed by atoms with E-state index >= 15 is 0 Å². The van der Waals surface area contributed by atoms with Gasteiger partial charge < -0.3 is 9.15 Å². The highest BCUT2D eigenvalue weighted by Crippen LogP contribution is 2.38. The van der Waals surface area contributed by atoms with Crippen molar-refractivity contribution in [3.8, 4) is 5.75 Å². The van der Waals surface area contributed by atoms with Crippen molar-refractivity contribution in [3.05, 3.63) is 74.3 Å². The standard InChI is InChI=1S/C21H23ClFN3O5S/c1-5-14(18-12(3)11(2)6-8-15(18)23)19(20-24-25-21(27)31-20)26-32(28,29)17-9-7-13(22)10-16(17)30-4/h6-10,14,19,26H,5H2,1-4H3,(H,25,27)/t14-,19+/m1/s1. The Balaban J connectivity index is 2.16. The minimum absolute atomic E-state index is 0.0261. The largest absolute Gasteiger partial charge is 0.495 e. The molecule has 0 saturated carbocycles. The van der Waals surface area contributed by atoms with Crippen molar-refractivity contribution in [1.29, 1.82) is 0 Å². The zero-order valence-electron chi connectivity index (χ0n) is 17.9. The fourth-order valence-corrected chi connectivity index (χ4v) is 5.18. The number of aromatic amines is 1. The van der Waals surface area contributed by atoms with E-state index in [0.29, 0.717) is 22.6 Å². The highest BCUT2D eigenvalue weighted by Gasteiger charge is 2.36. The van der Waals surface area contributed by atoms with E-state index in [0.717, 1.165) is 5.56 Å². The number of hydrogen-bond acceptors (Lipinski definition) is 6. The topological polar surface area (TPSA) is 114 Å². The van der Waals surface area contributed by atoms with Crippen molar-refractivity contribution in [2.75, 3.05) is 7.11 Å². The zero-order chi connectivity index (χ0) is 23.6. The fraction of sp³-hybridized carbons (Fsp3) is 0.333. The number of aromatic nitrogens is 2. The van der Waals surface area contributed by atoms with Crippen LogP contribution in [0.2, 0.25) is 5.02 Å². The quantitative estimate of drug-likeness (QED) is 0.500. The summed E-state index contributed by atoms with van der Waals surface area (Å²) >= 11 is 5.95. The van der Waals surface area contributed by atoms with Gasteiger partial charge in [0, 0.05) is 17.0 Å². The highest BCUT2D eigenvalue weighted by molar-refractivity contribution is 7.89. The number of hydrogen-bond donors (Lipinski definition) is 2. The van der Waals surface area contributed by atoms with Crippen LogP contribution in [0.25, 0.3) is 0 Å². The number of methoxy groups -OCH3 is 1. The first-order chi connectivity index (χ1) is 15.1. The van der Waals surface area contributed by atoms with Crippen LogP contribution in [0.1, 0.15) is 47.9 Å². The maximum Gasteiger partial charge on any atom is 0.434 e. The molecule has 11 heteroatoms. The summed E-state index contributed by atoms with van der Waals surface area (Å²) in [6, 6.07) is 5.85. The maximum atomic E-state index is 14.9. The summed E-state index contributed by atoms with van der Waals surface area (Å²) in [5, 5.41) is 6.24. The lowest BCUT2D eigenvalue weighted by molar-refractivity contribution is 0.360. The summed E-state index contributed by atoms with van der Waals surface area (Å²) in [6.07, 6.45) is 0.322. The smallest absolute Gasteiger partial charge is 0.434 e. The molecule has 0 radical (unpaired) electrons. The molecular weight excluding hydrogens is 461 g/mol. The molecule has 3 aromatic rings. The molecule has 0 unspecified atom stereocenters. The molecule has 172 valence electrons. The van der Waals surface area contributed by atoms with Crippen molar-refractivity contribution >= 4 is 21.6 Å². The van der Waals surface area contributed by atoms with Gasteiger partial charge in [-0.3, -0.25) is 0 Å². The van der Waals surface area contributed by atoms with Crippen LogP contribution < -0.4 is 15.2 Å². The van der Waals surface area contributed by atoms with Gasteiger partial charge in [-0.15, -0.1) is 5.10 Å². The molecular formula is C21H23ClFN3O5S. The van der Waals surface area contributed by atoms with E-state index < -0.39 is 33.6 Å². The summed E-state index contributed by atoms with van der Waals surface area (Å²) in [4.78, 5) is 11.5. The number of sulfonamides is 1. The minimum atomic E-state index is -4.23. The van der Waals surface area contributed by atoms with Gasteiger partial charge in [0.15, 0.2) is 0 Å². The van der Waals surface area contributed by atoms with Crippen molar-refractivity contribution in [2.24, 2.45) is 0 Å². The molecule has 3 rings (SSSR count). The van der Waals surface area contributed by atoms with Crippen LogP contribution in [0.5, 0.6) is 5.75 Å². The molecule has 2 N–H and O–H groups in total. The van der Waals surface area contributed by atoms with Crippen LogP contribution in [-0.2, 0) is 10.0 Å². The Morgan fingerprint density at radius 3 is 2.59 bits per heavy atom. The van der Waals surface area contributed by atoms with Gasteiger partial charge in [0.25, 0.3) is 0 Å². The Hall–Kier alpha value is -2.69. The summed E-state index contributed by atoms with van der Waals surface area (Å²) in [7, 11) is -2.91. The summed E-state index contributed by atoms with van der Waals surface area (Å²) in [5.41, 5.74) is 1.82. The number of nitrogens with zero attached hydrogens (tertiary/aromatic N) is 1. The predicted octanol–water partition coefficient (Wildman–Crippen LogP) is 3.99. The Labute approximate surface area is 189 Å². The van der Waals surface area contributed by atoms with Crippen LogP contribution >= 0.6 is 11.6 Å². The van der Waals surface area contributed by atoms with Crippen molar-refractivity contribution < 1.29 is 22.0 Å². The first-order valence-electron chi connectivity index (χ1n) is 9.75. The number of halogens is 2. The van der Waals surface area contributed by atoms with E-state index in [1.807, 2.05) is 6.92 Å². The Kier molecular flexibility index (Phi) is 7.06. The average molecular weight is 484 g/mol. The Morgan fingerprint density at radius 1 is 1.28 bits per heavy atom. The number of ether oxygens (including phenoxy) is 1. The first kappa shape index (κ1) is 24.0. The molecule has 1 aromatic heterocycles. The molecule has 2 atom stereocenters. The lowest BCUT2D eigenvalue weighted by atomic mass is 9.85. The Bertz CT molecular complexity index is 1290. The second kappa shape index (κ2) is 9.43. The van der Waals surface area contributed by atoms with Crippen molar-refractivity contribution in [3.63, 3.8) is 0 Å². The number of rotatable bonds is 8. The normalized spacial score (nSPS) is 13.7. The van der Waals surface area contributed by atoms with Gasteiger partial charge in [-0.05, 0) is 55.2 Å². The molecule has 0 aliphatic rings. The Morgan fingerprint density at radius 2 is 2.00 bits per heavy atom. The summed E-state index contributed by atoms with van der Waals surface area (Å²) in [6.45, 7) is 5.36. The molecule has 0 bridgehead atoms. The first-order valence-corrected chi connectivity index (χ1v) is 11.6. The third kappa shape index (κ3) is 4.72. The molecule has 0 aliphatic carbocycles. The van der Waals surface area contributed by atoms with E-state index in [2.05, 4.69) is 14.9 Å². The van der Waals surface area contributed by atoms with E-state index in [4.69, 9.17) is 20.8 Å². The van der Waals surface area contributed by atoms with Crippen LogP contribution in [0.4, 0.5) is 4.39 Å². The van der Waals surface area contributed by atoms with E-state index in [1.165, 1.54) is 31.4 Å². The average Bonchev–Trinajstić information content (AvgIpc) is 3.18. The van der Waals surface area contributed by atoms with E-state index in [9.17, 15) is 17.6 Å². The third-order valence-corrected chi connectivity index (χ3v) is 7.08. The maximum absolute atomic E-state index is 14.9. The van der Waals surface area contributed by atoms with E-state index in [-0.39, 0.29) is 16.5 Å². The van der Waals surface area contributed by atoms with Gasteiger partial charge in [0.1, 0.15) is 22.5 Å². The van der Waals surface area contributed by atoms with Gasteiger partial charge in [0.05, 0.1) is 7.11 Å². The van der Waals surface area contributed by atoms with E-state index in [1.54, 1.807) is 19.9 Å². The lowest BCUT2D eigenvalue weighted by Gasteiger charge is -2.27. The third-order valence-electron chi connectivity index (χ3n) is 5.36.